The van der Waals surface area contributed by atoms with Crippen molar-refractivity contribution >= 4 is 11.5 Å². The Hall–Kier alpha value is -2.29. The molecule has 0 saturated carbocycles. The lowest BCUT2D eigenvalue weighted by molar-refractivity contribution is -0.117. The van der Waals surface area contributed by atoms with E-state index in [-0.39, 0.29) is 5.78 Å². The van der Waals surface area contributed by atoms with Gasteiger partial charge in [-0.15, -0.1) is 0 Å². The highest BCUT2D eigenvalue weighted by atomic mass is 16.5. The smallest absolute Gasteiger partial charge is 0.156 e. The summed E-state index contributed by atoms with van der Waals surface area (Å²) in [6.45, 7) is 0.391. The molecule has 104 valence electrons. The highest BCUT2D eigenvalue weighted by Gasteiger charge is 2.09. The number of likely N-dealkylation sites (N-methyl/N-ethyl adjacent to an activating group) is 1. The van der Waals surface area contributed by atoms with Crippen LogP contribution in [0.1, 0.15) is 5.56 Å². The van der Waals surface area contributed by atoms with Crippen molar-refractivity contribution in [2.24, 2.45) is 0 Å². The topological polar surface area (TPSA) is 29.5 Å². The fourth-order valence-electron chi connectivity index (χ4n) is 2.08. The zero-order chi connectivity index (χ0) is 14.4. The van der Waals surface area contributed by atoms with Gasteiger partial charge in [-0.3, -0.25) is 4.79 Å². The minimum absolute atomic E-state index is 0.196. The van der Waals surface area contributed by atoms with Crippen LogP contribution in [0.3, 0.4) is 0 Å². The molecule has 2 aromatic rings. The first kappa shape index (κ1) is 14.1. The van der Waals surface area contributed by atoms with E-state index in [9.17, 15) is 4.79 Å². The average molecular weight is 269 g/mol. The van der Waals surface area contributed by atoms with Crippen molar-refractivity contribution in [3.05, 3.63) is 60.2 Å². The van der Waals surface area contributed by atoms with Gasteiger partial charge in [0, 0.05) is 25.2 Å². The summed E-state index contributed by atoms with van der Waals surface area (Å²) >= 11 is 0. The standard InChI is InChI=1S/C17H19NO2/c1-18(15-9-6-10-17(12-15)20-2)13-16(19)11-14-7-4-3-5-8-14/h3-10,12H,11,13H2,1-2H3. The van der Waals surface area contributed by atoms with Gasteiger partial charge >= 0.3 is 0 Å². The van der Waals surface area contributed by atoms with Crippen molar-refractivity contribution < 1.29 is 9.53 Å². The van der Waals surface area contributed by atoms with Crippen molar-refractivity contribution in [2.75, 3.05) is 25.6 Å². The van der Waals surface area contributed by atoms with E-state index in [0.29, 0.717) is 13.0 Å². The maximum Gasteiger partial charge on any atom is 0.156 e. The Kier molecular flexibility index (Phi) is 4.77. The van der Waals surface area contributed by atoms with Crippen LogP contribution in [0.15, 0.2) is 54.6 Å². The zero-order valence-corrected chi connectivity index (χ0v) is 11.9. The van der Waals surface area contributed by atoms with Gasteiger partial charge in [0.2, 0.25) is 0 Å². The quantitative estimate of drug-likeness (QED) is 0.807. The van der Waals surface area contributed by atoms with Crippen molar-refractivity contribution in [1.82, 2.24) is 0 Å². The highest BCUT2D eigenvalue weighted by molar-refractivity contribution is 5.85. The number of hydrogen-bond acceptors (Lipinski definition) is 3. The molecule has 2 aromatic carbocycles. The lowest BCUT2D eigenvalue weighted by atomic mass is 10.1. The number of carbonyl (C=O) groups is 1. The summed E-state index contributed by atoms with van der Waals surface area (Å²) in [4.78, 5) is 14.0. The molecule has 0 spiro atoms. The van der Waals surface area contributed by atoms with Crippen LogP contribution in [-0.2, 0) is 11.2 Å². The number of Topliss-reactive ketones (excluding diaryl/α,β-unsaturated/α-hetero) is 1. The van der Waals surface area contributed by atoms with E-state index < -0.39 is 0 Å². The van der Waals surface area contributed by atoms with Gasteiger partial charge in [-0.25, -0.2) is 0 Å². The number of carbonyl (C=O) groups excluding carboxylic acids is 1. The lowest BCUT2D eigenvalue weighted by Gasteiger charge is -2.19. The molecule has 0 bridgehead atoms. The average Bonchev–Trinajstić information content (AvgIpc) is 2.48. The molecule has 0 atom stereocenters. The van der Waals surface area contributed by atoms with E-state index in [2.05, 4.69) is 0 Å². The van der Waals surface area contributed by atoms with Crippen molar-refractivity contribution in [3.63, 3.8) is 0 Å². The van der Waals surface area contributed by atoms with Crippen molar-refractivity contribution in [2.45, 2.75) is 6.42 Å². The number of ketones is 1. The molecule has 0 aromatic heterocycles. The number of hydrogen-bond donors (Lipinski definition) is 0. The van der Waals surface area contributed by atoms with E-state index in [4.69, 9.17) is 4.74 Å². The van der Waals surface area contributed by atoms with Crippen LogP contribution >= 0.6 is 0 Å². The molecule has 0 heterocycles. The maximum absolute atomic E-state index is 12.1. The second-order valence-electron chi connectivity index (χ2n) is 4.76. The van der Waals surface area contributed by atoms with E-state index in [1.165, 1.54) is 0 Å². The largest absolute Gasteiger partial charge is 0.497 e. The molecular weight excluding hydrogens is 250 g/mol. The predicted octanol–water partition coefficient (Wildman–Crippen LogP) is 2.94. The van der Waals surface area contributed by atoms with Gasteiger partial charge in [0.05, 0.1) is 13.7 Å². The van der Waals surface area contributed by atoms with Crippen LogP contribution in [0.5, 0.6) is 5.75 Å². The third-order valence-electron chi connectivity index (χ3n) is 3.15. The SMILES string of the molecule is COc1cccc(N(C)CC(=O)Cc2ccccc2)c1. The third kappa shape index (κ3) is 3.85. The first-order valence-corrected chi connectivity index (χ1v) is 6.60. The van der Waals surface area contributed by atoms with Crippen LogP contribution in [0.2, 0.25) is 0 Å². The highest BCUT2D eigenvalue weighted by Crippen LogP contribution is 2.19. The Morgan fingerprint density at radius 2 is 1.85 bits per heavy atom. The van der Waals surface area contributed by atoms with Gasteiger partial charge in [0.25, 0.3) is 0 Å². The van der Waals surface area contributed by atoms with Gasteiger partial charge in [-0.05, 0) is 17.7 Å². The van der Waals surface area contributed by atoms with Gasteiger partial charge in [-0.2, -0.15) is 0 Å². The molecule has 0 aliphatic heterocycles. The predicted molar refractivity (Wildman–Crippen MR) is 81.4 cm³/mol. The van der Waals surface area contributed by atoms with Gasteiger partial charge < -0.3 is 9.64 Å². The fourth-order valence-corrected chi connectivity index (χ4v) is 2.08. The molecule has 2 rings (SSSR count). The maximum atomic E-state index is 12.1. The molecule has 0 radical (unpaired) electrons. The van der Waals surface area contributed by atoms with Gasteiger partial charge in [-0.1, -0.05) is 36.4 Å². The summed E-state index contributed by atoms with van der Waals surface area (Å²) in [6.07, 6.45) is 0.467. The molecule has 3 heteroatoms. The Balaban J connectivity index is 1.96. The normalized spacial score (nSPS) is 10.1. The summed E-state index contributed by atoms with van der Waals surface area (Å²) in [5.41, 5.74) is 2.03. The van der Waals surface area contributed by atoms with Gasteiger partial charge in [0.15, 0.2) is 5.78 Å². The molecule has 0 saturated heterocycles. The summed E-state index contributed by atoms with van der Waals surface area (Å²) in [5, 5.41) is 0. The van der Waals surface area contributed by atoms with Crippen LogP contribution in [0.25, 0.3) is 0 Å². The Morgan fingerprint density at radius 1 is 1.10 bits per heavy atom. The molecule has 3 nitrogen and oxygen atoms in total. The van der Waals surface area contributed by atoms with E-state index in [0.717, 1.165) is 17.0 Å². The number of methoxy groups -OCH3 is 1. The molecule has 0 N–H and O–H groups in total. The first-order valence-electron chi connectivity index (χ1n) is 6.60. The number of rotatable bonds is 6. The third-order valence-corrected chi connectivity index (χ3v) is 3.15. The number of ether oxygens (including phenoxy) is 1. The number of anilines is 1. The second kappa shape index (κ2) is 6.75. The minimum Gasteiger partial charge on any atom is -0.497 e. The first-order chi connectivity index (χ1) is 9.69. The van der Waals surface area contributed by atoms with E-state index >= 15 is 0 Å². The summed E-state index contributed by atoms with van der Waals surface area (Å²) in [5.74, 6) is 0.992. The van der Waals surface area contributed by atoms with Crippen molar-refractivity contribution in [3.8, 4) is 5.75 Å². The molecule has 0 aliphatic carbocycles. The zero-order valence-electron chi connectivity index (χ0n) is 11.9. The molecular formula is C17H19NO2. The molecule has 0 aliphatic rings. The fraction of sp³-hybridized carbons (Fsp3) is 0.235. The molecule has 0 fully saturated rings. The molecule has 0 amide bonds. The Morgan fingerprint density at radius 3 is 2.55 bits per heavy atom. The van der Waals surface area contributed by atoms with Crippen LogP contribution in [0, 0.1) is 0 Å². The Labute approximate surface area is 119 Å². The minimum atomic E-state index is 0.196. The van der Waals surface area contributed by atoms with Crippen molar-refractivity contribution in [1.29, 1.82) is 0 Å². The van der Waals surface area contributed by atoms with Crippen LogP contribution in [-0.4, -0.2) is 26.5 Å². The number of benzene rings is 2. The van der Waals surface area contributed by atoms with E-state index in [1.807, 2.05) is 66.5 Å². The summed E-state index contributed by atoms with van der Waals surface area (Å²) in [6, 6.07) is 17.5. The summed E-state index contributed by atoms with van der Waals surface area (Å²) in [7, 11) is 3.55. The number of nitrogens with zero attached hydrogens (tertiary/aromatic N) is 1. The summed E-state index contributed by atoms with van der Waals surface area (Å²) < 4.78 is 5.19. The molecule has 20 heavy (non-hydrogen) atoms. The van der Waals surface area contributed by atoms with Gasteiger partial charge in [0.1, 0.15) is 5.75 Å². The second-order valence-corrected chi connectivity index (χ2v) is 4.76. The van der Waals surface area contributed by atoms with Crippen LogP contribution in [0.4, 0.5) is 5.69 Å². The monoisotopic (exact) mass is 269 g/mol. The Bertz CT molecular complexity index is 566. The van der Waals surface area contributed by atoms with Crippen LogP contribution < -0.4 is 9.64 Å². The molecule has 0 unspecified atom stereocenters. The lowest BCUT2D eigenvalue weighted by Crippen LogP contribution is -2.26. The van der Waals surface area contributed by atoms with E-state index in [1.54, 1.807) is 7.11 Å².